The molecule has 1 aliphatic rings. The van der Waals surface area contributed by atoms with Crippen LogP contribution in [0.25, 0.3) is 11.0 Å². The van der Waals surface area contributed by atoms with Crippen molar-refractivity contribution in [3.63, 3.8) is 0 Å². The number of hydrogen-bond donors (Lipinski definition) is 1. The van der Waals surface area contributed by atoms with Crippen LogP contribution in [0.15, 0.2) is 36.7 Å². The molecular weight excluding hydrogens is 310 g/mol. The number of nitrogens with two attached hydrogens (primary N) is 1. The van der Waals surface area contributed by atoms with Gasteiger partial charge in [0.25, 0.3) is 0 Å². The summed E-state index contributed by atoms with van der Waals surface area (Å²) in [7, 11) is 0. The molecule has 2 N–H and O–H groups in total. The number of fused-ring (bicyclic) bond motifs is 1. The molecule has 1 saturated carbocycles. The van der Waals surface area contributed by atoms with E-state index in [0.717, 1.165) is 28.8 Å². The van der Waals surface area contributed by atoms with Gasteiger partial charge in [-0.15, -0.1) is 0 Å². The van der Waals surface area contributed by atoms with Crippen LogP contribution in [0.3, 0.4) is 0 Å². The fourth-order valence-electron chi connectivity index (χ4n) is 2.88. The number of hydrogen-bond acceptors (Lipinski definition) is 3. The van der Waals surface area contributed by atoms with Crippen LogP contribution >= 0.6 is 11.6 Å². The highest BCUT2D eigenvalue weighted by Crippen LogP contribution is 2.39. The SMILES string of the molecule is CCc1cc(N)cc(Cl)c1Oc1ccc2ncn(C3CC3)c2c1. The molecule has 0 saturated heterocycles. The van der Waals surface area contributed by atoms with Crippen LogP contribution in [0, 0.1) is 0 Å². The number of benzene rings is 2. The van der Waals surface area contributed by atoms with E-state index in [9.17, 15) is 0 Å². The molecule has 4 rings (SSSR count). The first-order valence-corrected chi connectivity index (χ1v) is 8.26. The summed E-state index contributed by atoms with van der Waals surface area (Å²) < 4.78 is 8.32. The molecule has 0 atom stereocenters. The number of aromatic nitrogens is 2. The largest absolute Gasteiger partial charge is 0.455 e. The molecule has 1 fully saturated rings. The van der Waals surface area contributed by atoms with Crippen molar-refractivity contribution >= 4 is 28.3 Å². The third-order valence-electron chi connectivity index (χ3n) is 4.23. The maximum absolute atomic E-state index is 6.33. The van der Waals surface area contributed by atoms with Gasteiger partial charge in [0, 0.05) is 17.8 Å². The highest BCUT2D eigenvalue weighted by atomic mass is 35.5. The fourth-order valence-corrected chi connectivity index (χ4v) is 3.17. The summed E-state index contributed by atoms with van der Waals surface area (Å²) in [5.41, 5.74) is 9.62. The Morgan fingerprint density at radius 1 is 1.30 bits per heavy atom. The van der Waals surface area contributed by atoms with E-state index in [2.05, 4.69) is 16.5 Å². The van der Waals surface area contributed by atoms with E-state index in [4.69, 9.17) is 22.1 Å². The lowest BCUT2D eigenvalue weighted by atomic mass is 10.1. The van der Waals surface area contributed by atoms with E-state index >= 15 is 0 Å². The lowest BCUT2D eigenvalue weighted by Crippen LogP contribution is -1.96. The van der Waals surface area contributed by atoms with Crippen molar-refractivity contribution in [1.82, 2.24) is 9.55 Å². The van der Waals surface area contributed by atoms with Crippen molar-refractivity contribution in [1.29, 1.82) is 0 Å². The number of imidazole rings is 1. The summed E-state index contributed by atoms with van der Waals surface area (Å²) in [6, 6.07) is 10.2. The number of ether oxygens (including phenoxy) is 1. The second-order valence-electron chi connectivity index (χ2n) is 5.98. The average molecular weight is 328 g/mol. The van der Waals surface area contributed by atoms with Gasteiger partial charge in [-0.05, 0) is 49.1 Å². The van der Waals surface area contributed by atoms with Crippen LogP contribution in [0.1, 0.15) is 31.4 Å². The van der Waals surface area contributed by atoms with E-state index in [1.54, 1.807) is 6.07 Å². The molecule has 4 nitrogen and oxygen atoms in total. The van der Waals surface area contributed by atoms with Gasteiger partial charge in [0.2, 0.25) is 0 Å². The van der Waals surface area contributed by atoms with Crippen LogP contribution in [-0.4, -0.2) is 9.55 Å². The van der Waals surface area contributed by atoms with Gasteiger partial charge < -0.3 is 15.0 Å². The maximum atomic E-state index is 6.33. The normalized spacial score (nSPS) is 14.3. The molecule has 23 heavy (non-hydrogen) atoms. The van der Waals surface area contributed by atoms with Crippen LogP contribution in [0.2, 0.25) is 5.02 Å². The molecule has 0 aliphatic heterocycles. The molecule has 1 heterocycles. The topological polar surface area (TPSA) is 53.1 Å². The smallest absolute Gasteiger partial charge is 0.149 e. The molecule has 0 spiro atoms. The second kappa shape index (κ2) is 5.46. The molecule has 0 amide bonds. The first-order chi connectivity index (χ1) is 11.2. The molecule has 118 valence electrons. The third kappa shape index (κ3) is 2.63. The Morgan fingerprint density at radius 3 is 2.87 bits per heavy atom. The molecule has 5 heteroatoms. The Bertz CT molecular complexity index is 883. The van der Waals surface area contributed by atoms with E-state index in [1.165, 1.54) is 12.8 Å². The van der Waals surface area contributed by atoms with E-state index in [-0.39, 0.29) is 0 Å². The quantitative estimate of drug-likeness (QED) is 0.689. The minimum Gasteiger partial charge on any atom is -0.455 e. The first-order valence-electron chi connectivity index (χ1n) is 7.88. The summed E-state index contributed by atoms with van der Waals surface area (Å²) in [6.07, 6.45) is 5.17. The van der Waals surface area contributed by atoms with Gasteiger partial charge in [-0.25, -0.2) is 4.98 Å². The Balaban J connectivity index is 1.74. The zero-order chi connectivity index (χ0) is 16.0. The lowest BCUT2D eigenvalue weighted by molar-refractivity contribution is 0.477. The van der Waals surface area contributed by atoms with Gasteiger partial charge in [-0.1, -0.05) is 18.5 Å². The van der Waals surface area contributed by atoms with Gasteiger partial charge in [0.15, 0.2) is 0 Å². The molecule has 1 aliphatic carbocycles. The lowest BCUT2D eigenvalue weighted by Gasteiger charge is -2.13. The minimum atomic E-state index is 0.539. The summed E-state index contributed by atoms with van der Waals surface area (Å²) in [4.78, 5) is 4.46. The first kappa shape index (κ1) is 14.4. The van der Waals surface area contributed by atoms with Gasteiger partial charge in [0.1, 0.15) is 11.5 Å². The molecule has 0 radical (unpaired) electrons. The monoisotopic (exact) mass is 327 g/mol. The zero-order valence-corrected chi connectivity index (χ0v) is 13.7. The Kier molecular flexibility index (Phi) is 3.42. The van der Waals surface area contributed by atoms with Gasteiger partial charge >= 0.3 is 0 Å². The summed E-state index contributed by atoms with van der Waals surface area (Å²) in [6.45, 7) is 2.06. The molecule has 1 aromatic heterocycles. The molecular formula is C18H18ClN3O. The summed E-state index contributed by atoms with van der Waals surface area (Å²) in [5.74, 6) is 1.45. The van der Waals surface area contributed by atoms with E-state index in [1.807, 2.05) is 30.6 Å². The molecule has 0 bridgehead atoms. The Morgan fingerprint density at radius 2 is 2.13 bits per heavy atom. The van der Waals surface area contributed by atoms with Gasteiger partial charge in [0.05, 0.1) is 22.4 Å². The number of aryl methyl sites for hydroxylation is 1. The van der Waals surface area contributed by atoms with Crippen molar-refractivity contribution in [2.45, 2.75) is 32.2 Å². The predicted octanol–water partition coefficient (Wildman–Crippen LogP) is 4.96. The minimum absolute atomic E-state index is 0.539. The standard InChI is InChI=1S/C18H18ClN3O/c1-2-11-7-12(20)8-15(19)18(11)23-14-5-6-16-17(9-14)22(10-21-16)13-3-4-13/h5-10,13H,2-4,20H2,1H3. The Hall–Kier alpha value is -2.20. The highest BCUT2D eigenvalue weighted by molar-refractivity contribution is 6.32. The average Bonchev–Trinajstić information content (AvgIpc) is 3.29. The zero-order valence-electron chi connectivity index (χ0n) is 12.9. The maximum Gasteiger partial charge on any atom is 0.149 e. The molecule has 2 aromatic carbocycles. The third-order valence-corrected chi connectivity index (χ3v) is 4.51. The predicted molar refractivity (Wildman–Crippen MR) is 93.3 cm³/mol. The van der Waals surface area contributed by atoms with Crippen molar-refractivity contribution in [2.24, 2.45) is 0 Å². The van der Waals surface area contributed by atoms with Crippen molar-refractivity contribution in [3.8, 4) is 11.5 Å². The summed E-state index contributed by atoms with van der Waals surface area (Å²) in [5, 5.41) is 0.539. The molecule has 0 unspecified atom stereocenters. The van der Waals surface area contributed by atoms with Gasteiger partial charge in [-0.3, -0.25) is 0 Å². The number of rotatable bonds is 4. The van der Waals surface area contributed by atoms with Gasteiger partial charge in [-0.2, -0.15) is 0 Å². The number of nitrogen functional groups attached to an aromatic ring is 1. The second-order valence-corrected chi connectivity index (χ2v) is 6.39. The van der Waals surface area contributed by atoms with Crippen molar-refractivity contribution in [3.05, 3.63) is 47.2 Å². The Labute approximate surface area is 139 Å². The number of nitrogens with zero attached hydrogens (tertiary/aromatic N) is 2. The summed E-state index contributed by atoms with van der Waals surface area (Å²) >= 11 is 6.33. The van der Waals surface area contributed by atoms with Crippen LogP contribution in [-0.2, 0) is 6.42 Å². The highest BCUT2D eigenvalue weighted by Gasteiger charge is 2.25. The fraction of sp³-hybridized carbons (Fsp3) is 0.278. The van der Waals surface area contributed by atoms with Crippen LogP contribution in [0.4, 0.5) is 5.69 Å². The number of halogens is 1. The number of anilines is 1. The van der Waals surface area contributed by atoms with Crippen LogP contribution in [0.5, 0.6) is 11.5 Å². The van der Waals surface area contributed by atoms with Crippen LogP contribution < -0.4 is 10.5 Å². The van der Waals surface area contributed by atoms with E-state index < -0.39 is 0 Å². The van der Waals surface area contributed by atoms with Crippen molar-refractivity contribution in [2.75, 3.05) is 5.73 Å². The van der Waals surface area contributed by atoms with Crippen molar-refractivity contribution < 1.29 is 4.74 Å². The molecule has 3 aromatic rings. The van der Waals surface area contributed by atoms with E-state index in [0.29, 0.717) is 22.5 Å².